The van der Waals surface area contributed by atoms with Gasteiger partial charge in [-0.3, -0.25) is 11.3 Å². The summed E-state index contributed by atoms with van der Waals surface area (Å²) in [7, 11) is 1.47. The van der Waals surface area contributed by atoms with Crippen LogP contribution in [0.4, 0.5) is 4.39 Å². The molecule has 1 aromatic carbocycles. The zero-order valence-electron chi connectivity index (χ0n) is 11.6. The van der Waals surface area contributed by atoms with Gasteiger partial charge in [-0.15, -0.1) is 0 Å². The molecule has 0 saturated heterocycles. The SMILES string of the molecule is COc1cccc(CC(CC(C)(C)C)NN)c1F. The summed E-state index contributed by atoms with van der Waals surface area (Å²) in [5.41, 5.74) is 3.54. The smallest absolute Gasteiger partial charge is 0.168 e. The second kappa shape index (κ2) is 6.16. The van der Waals surface area contributed by atoms with Crippen LogP contribution in [0.1, 0.15) is 32.8 Å². The molecule has 3 nitrogen and oxygen atoms in total. The molecule has 102 valence electrons. The van der Waals surface area contributed by atoms with E-state index in [9.17, 15) is 4.39 Å². The fourth-order valence-corrected chi connectivity index (χ4v) is 2.07. The molecule has 1 atom stereocenters. The van der Waals surface area contributed by atoms with Crippen molar-refractivity contribution in [1.29, 1.82) is 0 Å². The molecule has 1 unspecified atom stereocenters. The van der Waals surface area contributed by atoms with Gasteiger partial charge in [0.15, 0.2) is 11.6 Å². The van der Waals surface area contributed by atoms with Crippen molar-refractivity contribution < 1.29 is 9.13 Å². The highest BCUT2D eigenvalue weighted by Gasteiger charge is 2.20. The van der Waals surface area contributed by atoms with Gasteiger partial charge in [0.2, 0.25) is 0 Å². The van der Waals surface area contributed by atoms with Gasteiger partial charge in [-0.25, -0.2) is 4.39 Å². The van der Waals surface area contributed by atoms with Crippen LogP contribution in [0.25, 0.3) is 0 Å². The molecule has 0 aliphatic heterocycles. The topological polar surface area (TPSA) is 47.3 Å². The largest absolute Gasteiger partial charge is 0.494 e. The molecule has 1 rings (SSSR count). The highest BCUT2D eigenvalue weighted by molar-refractivity contribution is 5.31. The van der Waals surface area contributed by atoms with E-state index < -0.39 is 0 Å². The molecule has 0 aliphatic carbocycles. The summed E-state index contributed by atoms with van der Waals surface area (Å²) in [6.45, 7) is 6.41. The zero-order chi connectivity index (χ0) is 13.8. The molecule has 0 fully saturated rings. The monoisotopic (exact) mass is 254 g/mol. The molecule has 1 aromatic rings. The lowest BCUT2D eigenvalue weighted by molar-refractivity contribution is 0.306. The average Bonchev–Trinajstić information content (AvgIpc) is 2.29. The Hall–Kier alpha value is -1.13. The van der Waals surface area contributed by atoms with Crippen LogP contribution >= 0.6 is 0 Å². The first kappa shape index (κ1) is 14.9. The summed E-state index contributed by atoms with van der Waals surface area (Å²) >= 11 is 0. The number of hydrogen-bond donors (Lipinski definition) is 2. The summed E-state index contributed by atoms with van der Waals surface area (Å²) in [4.78, 5) is 0. The number of rotatable bonds is 5. The van der Waals surface area contributed by atoms with Gasteiger partial charge >= 0.3 is 0 Å². The number of halogens is 1. The molecule has 0 bridgehead atoms. The van der Waals surface area contributed by atoms with Gasteiger partial charge in [0.1, 0.15) is 0 Å². The summed E-state index contributed by atoms with van der Waals surface area (Å²) in [5, 5.41) is 0. The van der Waals surface area contributed by atoms with Crippen LogP contribution in [0.15, 0.2) is 18.2 Å². The Labute approximate surface area is 108 Å². The molecular formula is C14H23FN2O. The molecule has 0 amide bonds. The number of ether oxygens (including phenoxy) is 1. The molecule has 0 aromatic heterocycles. The normalized spacial score (nSPS) is 13.4. The van der Waals surface area contributed by atoms with E-state index in [1.54, 1.807) is 18.2 Å². The van der Waals surface area contributed by atoms with E-state index in [0.717, 1.165) is 6.42 Å². The number of hydrazine groups is 1. The second-order valence-corrected chi connectivity index (χ2v) is 5.77. The third kappa shape index (κ3) is 4.27. The lowest BCUT2D eigenvalue weighted by Gasteiger charge is -2.25. The Bertz CT molecular complexity index is 388. The number of hydrogen-bond acceptors (Lipinski definition) is 3. The number of methoxy groups -OCH3 is 1. The minimum absolute atomic E-state index is 0.0478. The van der Waals surface area contributed by atoms with E-state index in [-0.39, 0.29) is 23.0 Å². The van der Waals surface area contributed by atoms with E-state index in [2.05, 4.69) is 26.2 Å². The quantitative estimate of drug-likeness (QED) is 0.627. The first-order chi connectivity index (χ1) is 8.37. The molecule has 3 N–H and O–H groups in total. The van der Waals surface area contributed by atoms with Crippen molar-refractivity contribution in [2.45, 2.75) is 39.7 Å². The second-order valence-electron chi connectivity index (χ2n) is 5.77. The molecule has 0 spiro atoms. The van der Waals surface area contributed by atoms with E-state index in [4.69, 9.17) is 10.6 Å². The summed E-state index contributed by atoms with van der Waals surface area (Å²) < 4.78 is 19.0. The van der Waals surface area contributed by atoms with E-state index in [1.807, 2.05) is 0 Å². The zero-order valence-corrected chi connectivity index (χ0v) is 11.6. The molecule has 0 heterocycles. The number of benzene rings is 1. The van der Waals surface area contributed by atoms with Crippen molar-refractivity contribution in [3.05, 3.63) is 29.6 Å². The molecule has 0 saturated carbocycles. The fraction of sp³-hybridized carbons (Fsp3) is 0.571. The standard InChI is InChI=1S/C14H23FN2O/c1-14(2,3)9-11(17-16)8-10-6-5-7-12(18-4)13(10)15/h5-7,11,17H,8-9,16H2,1-4H3. The van der Waals surface area contributed by atoms with E-state index in [0.29, 0.717) is 12.0 Å². The Balaban J connectivity index is 2.82. The Kier molecular flexibility index (Phi) is 5.11. The molecule has 0 aliphatic rings. The minimum atomic E-state index is -0.297. The highest BCUT2D eigenvalue weighted by atomic mass is 19.1. The Morgan fingerprint density at radius 3 is 2.56 bits per heavy atom. The lowest BCUT2D eigenvalue weighted by atomic mass is 9.86. The summed E-state index contributed by atoms with van der Waals surface area (Å²) in [6, 6.07) is 5.23. The van der Waals surface area contributed by atoms with Gasteiger partial charge in [-0.2, -0.15) is 0 Å². The van der Waals surface area contributed by atoms with Gasteiger partial charge in [-0.1, -0.05) is 32.9 Å². The number of nitrogens with two attached hydrogens (primary N) is 1. The molecule has 0 radical (unpaired) electrons. The third-order valence-electron chi connectivity index (χ3n) is 2.82. The van der Waals surface area contributed by atoms with Crippen molar-refractivity contribution >= 4 is 0 Å². The fourth-order valence-electron chi connectivity index (χ4n) is 2.07. The first-order valence-corrected chi connectivity index (χ1v) is 6.15. The van der Waals surface area contributed by atoms with Crippen molar-refractivity contribution in [1.82, 2.24) is 5.43 Å². The summed E-state index contributed by atoms with van der Waals surface area (Å²) in [5.74, 6) is 5.52. The summed E-state index contributed by atoms with van der Waals surface area (Å²) in [6.07, 6.45) is 1.43. The van der Waals surface area contributed by atoms with Gasteiger partial charge in [0, 0.05) is 6.04 Å². The van der Waals surface area contributed by atoms with Gasteiger partial charge < -0.3 is 4.74 Å². The van der Waals surface area contributed by atoms with Crippen LogP contribution in [-0.4, -0.2) is 13.2 Å². The van der Waals surface area contributed by atoms with Crippen LogP contribution in [0.5, 0.6) is 5.75 Å². The maximum atomic E-state index is 14.0. The Morgan fingerprint density at radius 1 is 1.39 bits per heavy atom. The van der Waals surface area contributed by atoms with Crippen LogP contribution in [0.2, 0.25) is 0 Å². The van der Waals surface area contributed by atoms with Crippen molar-refractivity contribution in [3.8, 4) is 5.75 Å². The van der Waals surface area contributed by atoms with Crippen molar-refractivity contribution in [3.63, 3.8) is 0 Å². The first-order valence-electron chi connectivity index (χ1n) is 6.15. The minimum Gasteiger partial charge on any atom is -0.494 e. The average molecular weight is 254 g/mol. The van der Waals surface area contributed by atoms with Crippen LogP contribution in [0, 0.1) is 11.2 Å². The number of nitrogens with one attached hydrogen (secondary N) is 1. The predicted molar refractivity (Wildman–Crippen MR) is 71.8 cm³/mol. The van der Waals surface area contributed by atoms with Crippen LogP contribution < -0.4 is 16.0 Å². The van der Waals surface area contributed by atoms with E-state index >= 15 is 0 Å². The van der Waals surface area contributed by atoms with Crippen molar-refractivity contribution in [2.75, 3.05) is 7.11 Å². The molecule has 18 heavy (non-hydrogen) atoms. The van der Waals surface area contributed by atoms with Gasteiger partial charge in [0.05, 0.1) is 7.11 Å². The van der Waals surface area contributed by atoms with Crippen LogP contribution in [0.3, 0.4) is 0 Å². The maximum Gasteiger partial charge on any atom is 0.168 e. The predicted octanol–water partition coefficient (Wildman–Crippen LogP) is 2.64. The third-order valence-corrected chi connectivity index (χ3v) is 2.82. The highest BCUT2D eigenvalue weighted by Crippen LogP contribution is 2.25. The van der Waals surface area contributed by atoms with Gasteiger partial charge in [0.25, 0.3) is 0 Å². The maximum absolute atomic E-state index is 14.0. The molecule has 4 heteroatoms. The Morgan fingerprint density at radius 2 is 2.06 bits per heavy atom. The van der Waals surface area contributed by atoms with E-state index in [1.165, 1.54) is 7.11 Å². The van der Waals surface area contributed by atoms with Crippen molar-refractivity contribution in [2.24, 2.45) is 11.3 Å². The van der Waals surface area contributed by atoms with Gasteiger partial charge in [-0.05, 0) is 29.9 Å². The van der Waals surface area contributed by atoms with Crippen LogP contribution in [-0.2, 0) is 6.42 Å². The molecular weight excluding hydrogens is 231 g/mol. The lowest BCUT2D eigenvalue weighted by Crippen LogP contribution is -2.39.